The van der Waals surface area contributed by atoms with Crippen LogP contribution in [0.1, 0.15) is 78.1 Å². The van der Waals surface area contributed by atoms with Crippen LogP contribution in [-0.2, 0) is 0 Å². The summed E-state index contributed by atoms with van der Waals surface area (Å²) in [4.78, 5) is 25.0. The maximum absolute atomic E-state index is 12.6. The third-order valence-electron chi connectivity index (χ3n) is 5.18. The van der Waals surface area contributed by atoms with Gasteiger partial charge >= 0.3 is 0 Å². The molecule has 0 aromatic heterocycles. The van der Waals surface area contributed by atoms with Crippen LogP contribution in [0, 0.1) is 0 Å². The summed E-state index contributed by atoms with van der Waals surface area (Å²) in [7, 11) is 0. The predicted molar refractivity (Wildman–Crippen MR) is 109 cm³/mol. The Balaban J connectivity index is 1.64. The number of amides is 2. The number of hydrogen-bond acceptors (Lipinski definition) is 2. The van der Waals surface area contributed by atoms with E-state index in [1.807, 2.05) is 24.3 Å². The molecule has 142 valence electrons. The molecule has 0 spiro atoms. The minimum Gasteiger partial charge on any atom is -0.349 e. The largest absolute Gasteiger partial charge is 0.349 e. The van der Waals surface area contributed by atoms with Gasteiger partial charge in [0.2, 0.25) is 0 Å². The second-order valence-electron chi connectivity index (χ2n) is 7.58. The number of anilines is 1. The molecule has 3 rings (SSSR count). The Kier molecular flexibility index (Phi) is 6.28. The van der Waals surface area contributed by atoms with E-state index < -0.39 is 0 Å². The highest BCUT2D eigenvalue weighted by molar-refractivity contribution is 6.05. The lowest BCUT2D eigenvalue weighted by Gasteiger charge is -2.22. The molecule has 4 heteroatoms. The fourth-order valence-corrected chi connectivity index (χ4v) is 3.60. The SMILES string of the molecule is CC(C)c1ccccc1NC(=O)c1ccc(C(=O)NC2CCCCC2)cc1. The van der Waals surface area contributed by atoms with Gasteiger partial charge < -0.3 is 10.6 Å². The van der Waals surface area contributed by atoms with E-state index in [4.69, 9.17) is 0 Å². The zero-order chi connectivity index (χ0) is 19.2. The summed E-state index contributed by atoms with van der Waals surface area (Å²) < 4.78 is 0. The number of hydrogen-bond donors (Lipinski definition) is 2. The smallest absolute Gasteiger partial charge is 0.255 e. The van der Waals surface area contributed by atoms with Gasteiger partial charge in [0.05, 0.1) is 0 Å². The lowest BCUT2D eigenvalue weighted by atomic mass is 9.95. The maximum atomic E-state index is 12.6. The van der Waals surface area contributed by atoms with Gasteiger partial charge in [-0.25, -0.2) is 0 Å². The zero-order valence-electron chi connectivity index (χ0n) is 16.1. The van der Waals surface area contributed by atoms with Crippen LogP contribution in [0.25, 0.3) is 0 Å². The van der Waals surface area contributed by atoms with Crippen LogP contribution in [0.15, 0.2) is 48.5 Å². The molecule has 2 aromatic carbocycles. The molecule has 1 aliphatic rings. The molecule has 4 nitrogen and oxygen atoms in total. The zero-order valence-corrected chi connectivity index (χ0v) is 16.1. The quantitative estimate of drug-likeness (QED) is 0.773. The van der Waals surface area contributed by atoms with E-state index in [2.05, 4.69) is 24.5 Å². The molecule has 2 amide bonds. The van der Waals surface area contributed by atoms with Gasteiger partial charge in [0, 0.05) is 22.9 Å². The second kappa shape index (κ2) is 8.85. The normalized spacial score (nSPS) is 14.8. The molecule has 0 saturated heterocycles. The molecule has 27 heavy (non-hydrogen) atoms. The topological polar surface area (TPSA) is 58.2 Å². The van der Waals surface area contributed by atoms with Gasteiger partial charge in [0.15, 0.2) is 0 Å². The average molecular weight is 364 g/mol. The highest BCUT2D eigenvalue weighted by Gasteiger charge is 2.17. The van der Waals surface area contributed by atoms with Gasteiger partial charge in [0.25, 0.3) is 11.8 Å². The van der Waals surface area contributed by atoms with Crippen LogP contribution in [0.2, 0.25) is 0 Å². The number of rotatable bonds is 5. The van der Waals surface area contributed by atoms with Crippen molar-refractivity contribution in [2.24, 2.45) is 0 Å². The molecule has 0 bridgehead atoms. The monoisotopic (exact) mass is 364 g/mol. The third kappa shape index (κ3) is 4.97. The Morgan fingerprint density at radius 2 is 1.44 bits per heavy atom. The lowest BCUT2D eigenvalue weighted by molar-refractivity contribution is 0.0926. The van der Waals surface area contributed by atoms with Crippen molar-refractivity contribution >= 4 is 17.5 Å². The summed E-state index contributed by atoms with van der Waals surface area (Å²) in [6, 6.07) is 15.0. The van der Waals surface area contributed by atoms with Gasteiger partial charge in [-0.3, -0.25) is 9.59 Å². The van der Waals surface area contributed by atoms with E-state index in [1.54, 1.807) is 24.3 Å². The first-order chi connectivity index (χ1) is 13.0. The van der Waals surface area contributed by atoms with E-state index in [1.165, 1.54) is 19.3 Å². The van der Waals surface area contributed by atoms with Crippen LogP contribution >= 0.6 is 0 Å². The van der Waals surface area contributed by atoms with Crippen molar-refractivity contribution in [1.82, 2.24) is 5.32 Å². The summed E-state index contributed by atoms with van der Waals surface area (Å²) in [5.74, 6) is 0.105. The summed E-state index contributed by atoms with van der Waals surface area (Å²) in [5.41, 5.74) is 3.08. The Morgan fingerprint density at radius 3 is 2.07 bits per heavy atom. The Hall–Kier alpha value is -2.62. The van der Waals surface area contributed by atoms with Crippen LogP contribution in [0.5, 0.6) is 0 Å². The van der Waals surface area contributed by atoms with Crippen molar-refractivity contribution in [3.63, 3.8) is 0 Å². The summed E-state index contributed by atoms with van der Waals surface area (Å²) in [6.45, 7) is 4.20. The second-order valence-corrected chi connectivity index (χ2v) is 7.58. The first kappa shape index (κ1) is 19.2. The molecule has 0 radical (unpaired) electrons. The molecule has 0 heterocycles. The van der Waals surface area contributed by atoms with E-state index >= 15 is 0 Å². The maximum Gasteiger partial charge on any atom is 0.255 e. The molecule has 1 saturated carbocycles. The van der Waals surface area contributed by atoms with E-state index in [0.29, 0.717) is 17.0 Å². The van der Waals surface area contributed by atoms with Crippen molar-refractivity contribution in [2.45, 2.75) is 57.9 Å². The predicted octanol–water partition coefficient (Wildman–Crippen LogP) is 5.12. The van der Waals surface area contributed by atoms with Crippen LogP contribution in [0.4, 0.5) is 5.69 Å². The number of carbonyl (C=O) groups excluding carboxylic acids is 2. The van der Waals surface area contributed by atoms with Crippen molar-refractivity contribution in [3.05, 3.63) is 65.2 Å². The van der Waals surface area contributed by atoms with Gasteiger partial charge in [-0.05, 0) is 54.7 Å². The van der Waals surface area contributed by atoms with Crippen LogP contribution in [-0.4, -0.2) is 17.9 Å². The molecule has 0 atom stereocenters. The minimum atomic E-state index is -0.165. The van der Waals surface area contributed by atoms with Crippen LogP contribution in [0.3, 0.4) is 0 Å². The summed E-state index contributed by atoms with van der Waals surface area (Å²) >= 11 is 0. The molecular weight excluding hydrogens is 336 g/mol. The third-order valence-corrected chi connectivity index (χ3v) is 5.18. The van der Waals surface area contributed by atoms with Crippen molar-refractivity contribution in [3.8, 4) is 0 Å². The van der Waals surface area contributed by atoms with Gasteiger partial charge in [-0.15, -0.1) is 0 Å². The minimum absolute atomic E-state index is 0.0565. The summed E-state index contributed by atoms with van der Waals surface area (Å²) in [6.07, 6.45) is 5.74. The highest BCUT2D eigenvalue weighted by atomic mass is 16.2. The van der Waals surface area contributed by atoms with Gasteiger partial charge in [0.1, 0.15) is 0 Å². The molecular formula is C23H28N2O2. The first-order valence-electron chi connectivity index (χ1n) is 9.86. The van der Waals surface area contributed by atoms with E-state index in [0.717, 1.165) is 24.1 Å². The van der Waals surface area contributed by atoms with Crippen molar-refractivity contribution in [1.29, 1.82) is 0 Å². The van der Waals surface area contributed by atoms with Crippen molar-refractivity contribution in [2.75, 3.05) is 5.32 Å². The number of benzene rings is 2. The standard InChI is InChI=1S/C23H28N2O2/c1-16(2)20-10-6-7-11-21(20)25-23(27)18-14-12-17(13-15-18)22(26)24-19-8-4-3-5-9-19/h6-7,10-16,19H,3-5,8-9H2,1-2H3,(H,24,26)(H,25,27). The first-order valence-corrected chi connectivity index (χ1v) is 9.86. The number of para-hydroxylation sites is 1. The van der Waals surface area contributed by atoms with E-state index in [-0.39, 0.29) is 17.9 Å². The van der Waals surface area contributed by atoms with Gasteiger partial charge in [-0.1, -0.05) is 51.3 Å². The Morgan fingerprint density at radius 1 is 0.852 bits per heavy atom. The average Bonchev–Trinajstić information content (AvgIpc) is 2.69. The highest BCUT2D eigenvalue weighted by Crippen LogP contribution is 2.24. The van der Waals surface area contributed by atoms with Gasteiger partial charge in [-0.2, -0.15) is 0 Å². The van der Waals surface area contributed by atoms with E-state index in [9.17, 15) is 9.59 Å². The lowest BCUT2D eigenvalue weighted by Crippen LogP contribution is -2.36. The number of nitrogens with one attached hydrogen (secondary N) is 2. The van der Waals surface area contributed by atoms with Crippen LogP contribution < -0.4 is 10.6 Å². The fourth-order valence-electron chi connectivity index (χ4n) is 3.60. The summed E-state index contributed by atoms with van der Waals surface area (Å²) in [5, 5.41) is 6.09. The molecule has 1 aliphatic carbocycles. The molecule has 0 unspecified atom stereocenters. The number of carbonyl (C=O) groups is 2. The molecule has 1 fully saturated rings. The molecule has 2 N–H and O–H groups in total. The van der Waals surface area contributed by atoms with Crippen molar-refractivity contribution < 1.29 is 9.59 Å². The Bertz CT molecular complexity index is 790. The fraction of sp³-hybridized carbons (Fsp3) is 0.391. The Labute approximate surface area is 161 Å². The molecule has 0 aliphatic heterocycles. The molecule has 2 aromatic rings.